The van der Waals surface area contributed by atoms with Gasteiger partial charge in [-0.15, -0.1) is 0 Å². The van der Waals surface area contributed by atoms with E-state index in [1.807, 2.05) is 24.3 Å². The summed E-state index contributed by atoms with van der Waals surface area (Å²) in [5.41, 5.74) is 0.909. The molecule has 0 saturated heterocycles. The number of quaternary nitrogens is 1. The van der Waals surface area contributed by atoms with E-state index in [0.717, 1.165) is 16.2 Å². The van der Waals surface area contributed by atoms with Crippen molar-refractivity contribution in [3.8, 4) is 0 Å². The predicted octanol–water partition coefficient (Wildman–Crippen LogP) is 0.268. The third kappa shape index (κ3) is 4.12. The van der Waals surface area contributed by atoms with Crippen molar-refractivity contribution in [2.24, 2.45) is 0 Å². The van der Waals surface area contributed by atoms with Crippen LogP contribution in [0.25, 0.3) is 0 Å². The molecule has 0 fully saturated rings. The molecule has 4 nitrogen and oxygen atoms in total. The Morgan fingerprint density at radius 3 is 2.63 bits per heavy atom. The van der Waals surface area contributed by atoms with Crippen LogP contribution in [0.5, 0.6) is 0 Å². The minimum Gasteiger partial charge on any atom is -0.544 e. The lowest BCUT2D eigenvalue weighted by Gasteiger charge is -2.19. The van der Waals surface area contributed by atoms with Crippen molar-refractivity contribution in [1.82, 2.24) is 0 Å². The molecular weight excluding hydrogens is 266 g/mol. The second kappa shape index (κ2) is 6.41. The van der Waals surface area contributed by atoms with Crippen molar-refractivity contribution >= 4 is 17.6 Å². The van der Waals surface area contributed by atoms with Crippen molar-refractivity contribution in [3.63, 3.8) is 0 Å². The monoisotopic (exact) mass is 279 g/mol. The first-order valence-corrected chi connectivity index (χ1v) is 6.32. The number of carbonyl (C=O) groups excluding carboxylic acids is 1. The predicted molar refractivity (Wildman–Crippen MR) is 68.4 cm³/mol. The Hall–Kier alpha value is -1.78. The van der Waals surface area contributed by atoms with E-state index in [2.05, 4.69) is 0 Å². The maximum absolute atomic E-state index is 10.8. The highest BCUT2D eigenvalue weighted by molar-refractivity contribution is 6.31. The lowest BCUT2D eigenvalue weighted by atomic mass is 10.2. The molecule has 0 radical (unpaired) electrons. The lowest BCUT2D eigenvalue weighted by molar-refractivity contribution is -0.922. The van der Waals surface area contributed by atoms with Crippen LogP contribution >= 0.6 is 11.6 Å². The first-order chi connectivity index (χ1) is 9.15. The lowest BCUT2D eigenvalue weighted by Crippen LogP contribution is -3.10. The maximum atomic E-state index is 10.8. The van der Waals surface area contributed by atoms with E-state index in [4.69, 9.17) is 16.0 Å². The second-order valence-corrected chi connectivity index (χ2v) is 4.73. The highest BCUT2D eigenvalue weighted by Gasteiger charge is 2.14. The zero-order valence-corrected chi connectivity index (χ0v) is 11.0. The van der Waals surface area contributed by atoms with Crippen LogP contribution in [0.1, 0.15) is 11.3 Å². The SMILES string of the molecule is O=C([O-])C[NH+](Cc1ccco1)Cc1ccccc1Cl. The van der Waals surface area contributed by atoms with Crippen LogP contribution < -0.4 is 10.0 Å². The molecule has 0 aliphatic rings. The number of furan rings is 1. The Bertz CT molecular complexity index is 539. The molecule has 0 aliphatic heterocycles. The Kier molecular flexibility index (Phi) is 4.60. The molecule has 1 heterocycles. The van der Waals surface area contributed by atoms with E-state index in [0.29, 0.717) is 18.1 Å². The summed E-state index contributed by atoms with van der Waals surface area (Å²) in [5.74, 6) is -0.350. The van der Waals surface area contributed by atoms with E-state index in [9.17, 15) is 9.90 Å². The van der Waals surface area contributed by atoms with Crippen molar-refractivity contribution in [2.45, 2.75) is 13.1 Å². The Morgan fingerprint density at radius 2 is 2.00 bits per heavy atom. The van der Waals surface area contributed by atoms with Crippen molar-refractivity contribution in [2.75, 3.05) is 6.54 Å². The van der Waals surface area contributed by atoms with Gasteiger partial charge in [-0.1, -0.05) is 29.8 Å². The molecule has 2 rings (SSSR count). The molecule has 0 saturated carbocycles. The van der Waals surface area contributed by atoms with Crippen LogP contribution in [-0.2, 0) is 17.9 Å². The van der Waals surface area contributed by atoms with E-state index >= 15 is 0 Å². The number of carboxylic acid groups (broad SMARTS) is 1. The molecule has 0 aliphatic carbocycles. The molecule has 1 N–H and O–H groups in total. The van der Waals surface area contributed by atoms with Crippen molar-refractivity contribution < 1.29 is 19.2 Å². The van der Waals surface area contributed by atoms with Crippen LogP contribution in [-0.4, -0.2) is 12.5 Å². The summed E-state index contributed by atoms with van der Waals surface area (Å²) in [7, 11) is 0. The van der Waals surface area contributed by atoms with E-state index in [1.165, 1.54) is 0 Å². The summed E-state index contributed by atoms with van der Waals surface area (Å²) in [6.45, 7) is 0.895. The largest absolute Gasteiger partial charge is 0.544 e. The first kappa shape index (κ1) is 13.6. The normalized spacial score (nSPS) is 12.3. The fourth-order valence-electron chi connectivity index (χ4n) is 1.96. The zero-order chi connectivity index (χ0) is 13.7. The highest BCUT2D eigenvalue weighted by atomic mass is 35.5. The number of nitrogens with one attached hydrogen (secondary N) is 1. The third-order valence-electron chi connectivity index (χ3n) is 2.80. The third-order valence-corrected chi connectivity index (χ3v) is 3.17. The Labute approximate surface area is 116 Å². The van der Waals surface area contributed by atoms with Crippen LogP contribution in [0, 0.1) is 0 Å². The summed E-state index contributed by atoms with van der Waals surface area (Å²) in [4.78, 5) is 11.6. The fourth-order valence-corrected chi connectivity index (χ4v) is 2.16. The van der Waals surface area contributed by atoms with Gasteiger partial charge in [0.25, 0.3) is 0 Å². The number of rotatable bonds is 6. The van der Waals surface area contributed by atoms with Gasteiger partial charge in [-0.05, 0) is 18.2 Å². The average molecular weight is 280 g/mol. The molecule has 2 aromatic rings. The van der Waals surface area contributed by atoms with Gasteiger partial charge in [-0.25, -0.2) is 0 Å². The van der Waals surface area contributed by atoms with Crippen molar-refractivity contribution in [1.29, 1.82) is 0 Å². The van der Waals surface area contributed by atoms with E-state index in [1.54, 1.807) is 18.4 Å². The van der Waals surface area contributed by atoms with Crippen LogP contribution in [0.4, 0.5) is 0 Å². The topological polar surface area (TPSA) is 57.7 Å². The molecule has 5 heteroatoms. The van der Waals surface area contributed by atoms with E-state index < -0.39 is 5.97 Å². The first-order valence-electron chi connectivity index (χ1n) is 5.94. The smallest absolute Gasteiger partial charge is 0.157 e. The van der Waals surface area contributed by atoms with Crippen molar-refractivity contribution in [3.05, 3.63) is 59.0 Å². The molecule has 1 aromatic carbocycles. The van der Waals surface area contributed by atoms with Crippen LogP contribution in [0.2, 0.25) is 5.02 Å². The molecule has 0 spiro atoms. The van der Waals surface area contributed by atoms with Gasteiger partial charge < -0.3 is 19.2 Å². The molecular formula is C14H14ClNO3. The number of benzene rings is 1. The highest BCUT2D eigenvalue weighted by Crippen LogP contribution is 2.13. The molecule has 19 heavy (non-hydrogen) atoms. The summed E-state index contributed by atoms with van der Waals surface area (Å²) in [6.07, 6.45) is 1.57. The fraction of sp³-hybridized carbons (Fsp3) is 0.214. The van der Waals surface area contributed by atoms with Crippen LogP contribution in [0.15, 0.2) is 47.1 Å². The van der Waals surface area contributed by atoms with Gasteiger partial charge in [0.1, 0.15) is 19.6 Å². The molecule has 1 aromatic heterocycles. The molecule has 0 bridgehead atoms. The number of aliphatic carboxylic acids is 1. The van der Waals surface area contributed by atoms with Gasteiger partial charge in [0.15, 0.2) is 5.76 Å². The molecule has 0 amide bonds. The second-order valence-electron chi connectivity index (χ2n) is 4.32. The number of hydrogen-bond acceptors (Lipinski definition) is 3. The minimum atomic E-state index is -1.09. The number of hydrogen-bond donors (Lipinski definition) is 1. The summed E-state index contributed by atoms with van der Waals surface area (Å²) in [5, 5.41) is 11.5. The summed E-state index contributed by atoms with van der Waals surface area (Å²) >= 11 is 6.09. The standard InChI is InChI=1S/C14H14ClNO3/c15-13-6-2-1-4-11(13)8-16(10-14(17)18)9-12-5-3-7-19-12/h1-7H,8-10H2,(H,17,18). The molecule has 100 valence electrons. The van der Waals surface area contributed by atoms with Gasteiger partial charge in [-0.3, -0.25) is 0 Å². The number of carboxylic acids is 1. The van der Waals surface area contributed by atoms with Gasteiger partial charge in [0.2, 0.25) is 0 Å². The quantitative estimate of drug-likeness (QED) is 0.826. The van der Waals surface area contributed by atoms with E-state index in [-0.39, 0.29) is 6.54 Å². The minimum absolute atomic E-state index is 0.0913. The number of halogens is 1. The summed E-state index contributed by atoms with van der Waals surface area (Å²) < 4.78 is 5.25. The Balaban J connectivity index is 2.09. The van der Waals surface area contributed by atoms with Gasteiger partial charge in [0.05, 0.1) is 12.2 Å². The summed E-state index contributed by atoms with van der Waals surface area (Å²) in [6, 6.07) is 11.0. The van der Waals surface area contributed by atoms with Gasteiger partial charge >= 0.3 is 0 Å². The Morgan fingerprint density at radius 1 is 1.21 bits per heavy atom. The zero-order valence-electron chi connectivity index (χ0n) is 10.3. The van der Waals surface area contributed by atoms with Gasteiger partial charge in [-0.2, -0.15) is 0 Å². The van der Waals surface area contributed by atoms with Crippen LogP contribution in [0.3, 0.4) is 0 Å². The number of carbonyl (C=O) groups is 1. The van der Waals surface area contributed by atoms with Gasteiger partial charge in [0, 0.05) is 10.6 Å². The molecule has 1 unspecified atom stereocenters. The maximum Gasteiger partial charge on any atom is 0.157 e. The molecule has 1 atom stereocenters. The average Bonchev–Trinajstić information content (AvgIpc) is 2.84.